The number of Topliss-reactive ketones (excluding diaryl/α,β-unsaturated/α-hetero) is 2. The molecule has 22 heavy (non-hydrogen) atoms. The van der Waals surface area contributed by atoms with Crippen LogP contribution in [-0.2, 0) is 0 Å². The van der Waals surface area contributed by atoms with Crippen molar-refractivity contribution < 1.29 is 14.7 Å². The Kier molecular flexibility index (Phi) is 3.21. The predicted octanol–water partition coefficient (Wildman–Crippen LogP) is 4.08. The van der Waals surface area contributed by atoms with Gasteiger partial charge in [-0.3, -0.25) is 9.59 Å². The van der Waals surface area contributed by atoms with Gasteiger partial charge in [0.05, 0.1) is 5.56 Å². The van der Waals surface area contributed by atoms with E-state index in [1.54, 1.807) is 26.8 Å². The number of rotatable bonds is 1. The number of fused-ring (bicyclic) bond motifs is 1. The van der Waals surface area contributed by atoms with Gasteiger partial charge in [-0.2, -0.15) is 0 Å². The first-order chi connectivity index (χ1) is 10.4. The van der Waals surface area contributed by atoms with E-state index < -0.39 is 0 Å². The maximum absolute atomic E-state index is 12.5. The molecule has 0 atom stereocenters. The van der Waals surface area contributed by atoms with Crippen LogP contribution in [0.15, 0.2) is 47.5 Å². The van der Waals surface area contributed by atoms with Crippen LogP contribution in [0.5, 0.6) is 5.75 Å². The van der Waals surface area contributed by atoms with E-state index in [0.29, 0.717) is 16.7 Å². The molecule has 3 nitrogen and oxygen atoms in total. The molecule has 0 radical (unpaired) electrons. The second kappa shape index (κ2) is 4.95. The molecule has 0 saturated heterocycles. The van der Waals surface area contributed by atoms with Crippen LogP contribution in [0.2, 0.25) is 0 Å². The Morgan fingerprint density at radius 2 is 1.41 bits per heavy atom. The topological polar surface area (TPSA) is 54.4 Å². The minimum absolute atomic E-state index is 0.0958. The van der Waals surface area contributed by atoms with Crippen LogP contribution in [0.25, 0.3) is 11.1 Å². The summed E-state index contributed by atoms with van der Waals surface area (Å²) in [5, 5.41) is 10.5. The molecule has 0 amide bonds. The molecule has 1 aliphatic rings. The molecule has 110 valence electrons. The third kappa shape index (κ3) is 1.90. The highest BCUT2D eigenvalue weighted by Crippen LogP contribution is 2.39. The van der Waals surface area contributed by atoms with Crippen molar-refractivity contribution in [3.63, 3.8) is 0 Å². The van der Waals surface area contributed by atoms with E-state index in [4.69, 9.17) is 0 Å². The third-order valence-corrected chi connectivity index (χ3v) is 4.35. The van der Waals surface area contributed by atoms with E-state index in [1.807, 2.05) is 30.3 Å². The fourth-order valence-corrected chi connectivity index (χ4v) is 2.82. The molecule has 0 aromatic heterocycles. The van der Waals surface area contributed by atoms with Crippen LogP contribution < -0.4 is 0 Å². The summed E-state index contributed by atoms with van der Waals surface area (Å²) in [7, 11) is 0. The number of carbonyl (C=O) groups is 2. The van der Waals surface area contributed by atoms with Crippen LogP contribution >= 0.6 is 0 Å². The normalized spacial score (nSPS) is 14.3. The molecule has 0 saturated carbocycles. The van der Waals surface area contributed by atoms with Crippen molar-refractivity contribution in [3.05, 3.63) is 64.2 Å². The molecule has 0 unspecified atom stereocenters. The quantitative estimate of drug-likeness (QED) is 0.861. The van der Waals surface area contributed by atoms with Crippen LogP contribution in [0.1, 0.15) is 40.1 Å². The van der Waals surface area contributed by atoms with Crippen molar-refractivity contribution in [1.29, 1.82) is 0 Å². The molecule has 3 rings (SSSR count). The van der Waals surface area contributed by atoms with Gasteiger partial charge in [0, 0.05) is 16.7 Å². The third-order valence-electron chi connectivity index (χ3n) is 4.35. The molecule has 0 heterocycles. The van der Waals surface area contributed by atoms with Crippen molar-refractivity contribution in [1.82, 2.24) is 0 Å². The smallest absolute Gasteiger partial charge is 0.193 e. The van der Waals surface area contributed by atoms with Crippen LogP contribution in [0.3, 0.4) is 0 Å². The Morgan fingerprint density at radius 3 is 2.05 bits per heavy atom. The van der Waals surface area contributed by atoms with E-state index in [-0.39, 0.29) is 28.4 Å². The van der Waals surface area contributed by atoms with Gasteiger partial charge in [0.2, 0.25) is 0 Å². The van der Waals surface area contributed by atoms with Crippen molar-refractivity contribution >= 4 is 11.6 Å². The second-order valence-corrected chi connectivity index (χ2v) is 5.59. The Bertz CT molecular complexity index is 843. The van der Waals surface area contributed by atoms with Crippen molar-refractivity contribution in [3.8, 4) is 16.9 Å². The van der Waals surface area contributed by atoms with Gasteiger partial charge in [-0.15, -0.1) is 0 Å². The lowest BCUT2D eigenvalue weighted by Gasteiger charge is -2.21. The lowest BCUT2D eigenvalue weighted by atomic mass is 9.81. The summed E-state index contributed by atoms with van der Waals surface area (Å²) in [6.07, 6.45) is 0. The van der Waals surface area contributed by atoms with Gasteiger partial charge in [0.15, 0.2) is 11.6 Å². The molecule has 3 heteroatoms. The number of benzene rings is 2. The zero-order valence-electron chi connectivity index (χ0n) is 12.7. The standard InChI is InChI=1S/C19H16O3/c1-10-11(2)18(21)16-15(17(10)20)9-14(12(3)19(16)22)13-7-5-4-6-8-13/h4-9,22H,1-3H3. The zero-order chi connectivity index (χ0) is 16.0. The number of hydrogen-bond acceptors (Lipinski definition) is 3. The fraction of sp³-hybridized carbons (Fsp3) is 0.158. The Balaban J connectivity index is 2.33. The predicted molar refractivity (Wildman–Crippen MR) is 85.3 cm³/mol. The number of hydrogen-bond donors (Lipinski definition) is 1. The van der Waals surface area contributed by atoms with Gasteiger partial charge in [0.1, 0.15) is 5.75 Å². The van der Waals surface area contributed by atoms with E-state index in [9.17, 15) is 14.7 Å². The summed E-state index contributed by atoms with van der Waals surface area (Å²) in [5.74, 6) is -0.562. The molecule has 1 aliphatic carbocycles. The lowest BCUT2D eigenvalue weighted by Crippen LogP contribution is -2.20. The summed E-state index contributed by atoms with van der Waals surface area (Å²) in [4.78, 5) is 24.9. The number of aromatic hydroxyl groups is 1. The Hall–Kier alpha value is -2.68. The SMILES string of the molecule is CC1=C(C)C(=O)c2c(cc(-c3ccccc3)c(C)c2O)C1=O. The average Bonchev–Trinajstić information content (AvgIpc) is 2.54. The molecule has 0 bridgehead atoms. The highest BCUT2D eigenvalue weighted by molar-refractivity contribution is 6.28. The highest BCUT2D eigenvalue weighted by Gasteiger charge is 2.32. The van der Waals surface area contributed by atoms with E-state index >= 15 is 0 Å². The minimum atomic E-state index is -0.271. The summed E-state index contributed by atoms with van der Waals surface area (Å²) in [5.41, 5.74) is 3.55. The number of ketones is 2. The van der Waals surface area contributed by atoms with Crippen LogP contribution in [0.4, 0.5) is 0 Å². The zero-order valence-corrected chi connectivity index (χ0v) is 12.7. The first-order valence-corrected chi connectivity index (χ1v) is 7.12. The lowest BCUT2D eigenvalue weighted by molar-refractivity contribution is 0.0972. The van der Waals surface area contributed by atoms with Gasteiger partial charge in [-0.1, -0.05) is 30.3 Å². The molecule has 0 aliphatic heterocycles. The molecule has 2 aromatic rings. The van der Waals surface area contributed by atoms with Gasteiger partial charge in [-0.05, 0) is 43.5 Å². The molecular formula is C19H16O3. The van der Waals surface area contributed by atoms with Gasteiger partial charge in [-0.25, -0.2) is 0 Å². The van der Waals surface area contributed by atoms with Crippen LogP contribution in [-0.4, -0.2) is 16.7 Å². The fourth-order valence-electron chi connectivity index (χ4n) is 2.82. The number of allylic oxidation sites excluding steroid dienone is 2. The maximum atomic E-state index is 12.5. The van der Waals surface area contributed by atoms with Gasteiger partial charge >= 0.3 is 0 Å². The second-order valence-electron chi connectivity index (χ2n) is 5.59. The summed E-state index contributed by atoms with van der Waals surface area (Å²) >= 11 is 0. The Labute approximate surface area is 128 Å². The molecular weight excluding hydrogens is 276 g/mol. The van der Waals surface area contributed by atoms with Crippen molar-refractivity contribution in [2.75, 3.05) is 0 Å². The maximum Gasteiger partial charge on any atom is 0.193 e. The summed E-state index contributed by atoms with van der Waals surface area (Å²) < 4.78 is 0. The van der Waals surface area contributed by atoms with Gasteiger partial charge in [0.25, 0.3) is 0 Å². The van der Waals surface area contributed by atoms with Crippen molar-refractivity contribution in [2.24, 2.45) is 0 Å². The first kappa shape index (κ1) is 14.3. The van der Waals surface area contributed by atoms with E-state index in [0.717, 1.165) is 11.1 Å². The summed E-state index contributed by atoms with van der Waals surface area (Å²) in [6.45, 7) is 5.03. The average molecular weight is 292 g/mol. The molecule has 0 spiro atoms. The van der Waals surface area contributed by atoms with Crippen LogP contribution in [0, 0.1) is 6.92 Å². The molecule has 2 aromatic carbocycles. The first-order valence-electron chi connectivity index (χ1n) is 7.12. The Morgan fingerprint density at radius 1 is 0.818 bits per heavy atom. The van der Waals surface area contributed by atoms with E-state index in [2.05, 4.69) is 0 Å². The largest absolute Gasteiger partial charge is 0.507 e. The molecule has 0 fully saturated rings. The molecule has 1 N–H and O–H groups in total. The van der Waals surface area contributed by atoms with Gasteiger partial charge < -0.3 is 5.11 Å². The minimum Gasteiger partial charge on any atom is -0.507 e. The highest BCUT2D eigenvalue weighted by atomic mass is 16.3. The number of phenolic OH excluding ortho intramolecular Hbond substituents is 1. The monoisotopic (exact) mass is 292 g/mol. The number of phenols is 1. The summed E-state index contributed by atoms with van der Waals surface area (Å²) in [6, 6.07) is 11.2. The van der Waals surface area contributed by atoms with E-state index in [1.165, 1.54) is 0 Å². The van der Waals surface area contributed by atoms with Crippen molar-refractivity contribution in [2.45, 2.75) is 20.8 Å². The number of carbonyl (C=O) groups excluding carboxylic acids is 2.